The van der Waals surface area contributed by atoms with Crippen molar-refractivity contribution in [3.8, 4) is 5.75 Å². The number of amides is 1. The first-order valence-electron chi connectivity index (χ1n) is 5.75. The number of hydrogen-bond acceptors (Lipinski definition) is 3. The van der Waals surface area contributed by atoms with E-state index in [1.165, 1.54) is 0 Å². The second kappa shape index (κ2) is 5.19. The Bertz CT molecular complexity index is 417. The molecular weight excluding hydrogens is 218 g/mol. The lowest BCUT2D eigenvalue weighted by Crippen LogP contribution is -2.38. The van der Waals surface area contributed by atoms with Gasteiger partial charge in [-0.05, 0) is 24.6 Å². The predicted molar refractivity (Wildman–Crippen MR) is 65.5 cm³/mol. The molecule has 0 saturated heterocycles. The number of carbonyl (C=O) groups excluding carboxylic acids is 1. The molecule has 0 atom stereocenters. The highest BCUT2D eigenvalue weighted by molar-refractivity contribution is 5.95. The van der Waals surface area contributed by atoms with Gasteiger partial charge < -0.3 is 14.4 Å². The second-order valence-electron chi connectivity index (χ2n) is 4.11. The fourth-order valence-electron chi connectivity index (χ4n) is 1.91. The maximum Gasteiger partial charge on any atom is 0.229 e. The summed E-state index contributed by atoms with van der Waals surface area (Å²) in [6.45, 7) is 3.63. The minimum absolute atomic E-state index is 0.0836. The van der Waals surface area contributed by atoms with Crippen LogP contribution in [0.4, 0.5) is 5.69 Å². The van der Waals surface area contributed by atoms with Crippen LogP contribution in [-0.2, 0) is 9.53 Å². The first kappa shape index (κ1) is 11.9. The number of carbonyl (C=O) groups is 1. The largest absolute Gasteiger partial charge is 0.490 e. The van der Waals surface area contributed by atoms with Crippen LogP contribution in [0.25, 0.3) is 0 Å². The van der Waals surface area contributed by atoms with Gasteiger partial charge in [-0.15, -0.1) is 0 Å². The van der Waals surface area contributed by atoms with E-state index in [1.54, 1.807) is 12.0 Å². The lowest BCUT2D eigenvalue weighted by molar-refractivity contribution is -0.119. The highest BCUT2D eigenvalue weighted by Crippen LogP contribution is 2.32. The van der Waals surface area contributed by atoms with Gasteiger partial charge in [0.05, 0.1) is 25.3 Å². The van der Waals surface area contributed by atoms with Crippen LogP contribution in [-0.4, -0.2) is 32.8 Å². The van der Waals surface area contributed by atoms with Crippen LogP contribution < -0.4 is 9.64 Å². The Balaban J connectivity index is 2.19. The van der Waals surface area contributed by atoms with E-state index in [0.717, 1.165) is 17.0 Å². The zero-order valence-electron chi connectivity index (χ0n) is 10.2. The Hall–Kier alpha value is -1.55. The standard InChI is InChI=1S/C13H17NO3/c1-10-3-4-11-12(9-10)17-8-6-14(11)13(15)5-7-16-2/h3-4,9H,5-8H2,1-2H3. The summed E-state index contributed by atoms with van der Waals surface area (Å²) in [5, 5.41) is 0. The number of nitrogens with zero attached hydrogens (tertiary/aromatic N) is 1. The molecule has 0 spiro atoms. The highest BCUT2D eigenvalue weighted by Gasteiger charge is 2.23. The van der Waals surface area contributed by atoms with Crippen molar-refractivity contribution in [2.24, 2.45) is 0 Å². The molecule has 1 aliphatic rings. The lowest BCUT2D eigenvalue weighted by Gasteiger charge is -2.29. The third kappa shape index (κ3) is 2.58. The van der Waals surface area contributed by atoms with Crippen LogP contribution >= 0.6 is 0 Å². The predicted octanol–water partition coefficient (Wildman–Crippen LogP) is 1.76. The van der Waals surface area contributed by atoms with Gasteiger partial charge in [-0.2, -0.15) is 0 Å². The average molecular weight is 235 g/mol. The van der Waals surface area contributed by atoms with Crippen molar-refractivity contribution in [1.29, 1.82) is 0 Å². The number of methoxy groups -OCH3 is 1. The molecule has 0 fully saturated rings. The fourth-order valence-corrected chi connectivity index (χ4v) is 1.91. The normalized spacial score (nSPS) is 14.1. The Morgan fingerprint density at radius 3 is 3.12 bits per heavy atom. The monoisotopic (exact) mass is 235 g/mol. The molecule has 0 saturated carbocycles. The number of fused-ring (bicyclic) bond motifs is 1. The Morgan fingerprint density at radius 2 is 2.35 bits per heavy atom. The van der Waals surface area contributed by atoms with Crippen molar-refractivity contribution in [2.45, 2.75) is 13.3 Å². The third-order valence-corrected chi connectivity index (χ3v) is 2.80. The second-order valence-corrected chi connectivity index (χ2v) is 4.11. The summed E-state index contributed by atoms with van der Waals surface area (Å²) < 4.78 is 10.5. The van der Waals surface area contributed by atoms with Crippen LogP contribution in [0.1, 0.15) is 12.0 Å². The summed E-state index contributed by atoms with van der Waals surface area (Å²) in [7, 11) is 1.60. The molecule has 4 nitrogen and oxygen atoms in total. The number of aryl methyl sites for hydroxylation is 1. The van der Waals surface area contributed by atoms with E-state index in [1.807, 2.05) is 25.1 Å². The van der Waals surface area contributed by atoms with E-state index < -0.39 is 0 Å². The van der Waals surface area contributed by atoms with E-state index >= 15 is 0 Å². The quantitative estimate of drug-likeness (QED) is 0.801. The summed E-state index contributed by atoms with van der Waals surface area (Å²) in [6, 6.07) is 5.89. The van der Waals surface area contributed by atoms with Crippen molar-refractivity contribution in [3.63, 3.8) is 0 Å². The first-order valence-corrected chi connectivity index (χ1v) is 5.75. The molecule has 1 heterocycles. The Kier molecular flexibility index (Phi) is 3.64. The molecule has 0 unspecified atom stereocenters. The van der Waals surface area contributed by atoms with E-state index in [2.05, 4.69) is 0 Å². The first-order chi connectivity index (χ1) is 8.22. The number of rotatable bonds is 3. The molecule has 0 bridgehead atoms. The summed E-state index contributed by atoms with van der Waals surface area (Å²) in [5.41, 5.74) is 2.00. The zero-order chi connectivity index (χ0) is 12.3. The molecular formula is C13H17NO3. The topological polar surface area (TPSA) is 38.8 Å². The van der Waals surface area contributed by atoms with Gasteiger partial charge in [0.2, 0.25) is 5.91 Å². The van der Waals surface area contributed by atoms with Gasteiger partial charge in [0, 0.05) is 7.11 Å². The molecule has 0 aliphatic carbocycles. The minimum atomic E-state index is 0.0836. The van der Waals surface area contributed by atoms with Crippen LogP contribution in [0.5, 0.6) is 5.75 Å². The molecule has 0 N–H and O–H groups in total. The number of hydrogen-bond donors (Lipinski definition) is 0. The maximum absolute atomic E-state index is 12.0. The van der Waals surface area contributed by atoms with Gasteiger partial charge in [0.25, 0.3) is 0 Å². The van der Waals surface area contributed by atoms with Crippen LogP contribution in [0.15, 0.2) is 18.2 Å². The summed E-state index contributed by atoms with van der Waals surface area (Å²) >= 11 is 0. The summed E-state index contributed by atoms with van der Waals surface area (Å²) in [4.78, 5) is 13.8. The molecule has 4 heteroatoms. The van der Waals surface area contributed by atoms with E-state index in [9.17, 15) is 4.79 Å². The molecule has 1 amide bonds. The molecule has 0 aromatic heterocycles. The van der Waals surface area contributed by atoms with Crippen molar-refractivity contribution in [3.05, 3.63) is 23.8 Å². The van der Waals surface area contributed by atoms with Gasteiger partial charge in [-0.25, -0.2) is 0 Å². The number of benzene rings is 1. The average Bonchev–Trinajstić information content (AvgIpc) is 2.34. The van der Waals surface area contributed by atoms with Crippen molar-refractivity contribution >= 4 is 11.6 Å². The van der Waals surface area contributed by atoms with Gasteiger partial charge in [0.1, 0.15) is 12.4 Å². The van der Waals surface area contributed by atoms with Gasteiger partial charge >= 0.3 is 0 Å². The molecule has 1 aliphatic heterocycles. The molecule has 17 heavy (non-hydrogen) atoms. The van der Waals surface area contributed by atoms with Gasteiger partial charge in [0.15, 0.2) is 0 Å². The van der Waals surface area contributed by atoms with Crippen LogP contribution in [0.2, 0.25) is 0 Å². The Labute approximate surface area is 101 Å². The smallest absolute Gasteiger partial charge is 0.229 e. The van der Waals surface area contributed by atoms with Gasteiger partial charge in [-0.3, -0.25) is 4.79 Å². The fraction of sp³-hybridized carbons (Fsp3) is 0.462. The van der Waals surface area contributed by atoms with E-state index in [4.69, 9.17) is 9.47 Å². The molecule has 0 radical (unpaired) electrons. The Morgan fingerprint density at radius 1 is 1.53 bits per heavy atom. The van der Waals surface area contributed by atoms with Crippen molar-refractivity contribution < 1.29 is 14.3 Å². The lowest BCUT2D eigenvalue weighted by atomic mass is 10.1. The van der Waals surface area contributed by atoms with E-state index in [-0.39, 0.29) is 5.91 Å². The zero-order valence-corrected chi connectivity index (χ0v) is 10.2. The van der Waals surface area contributed by atoms with Crippen molar-refractivity contribution in [2.75, 3.05) is 31.8 Å². The highest BCUT2D eigenvalue weighted by atomic mass is 16.5. The summed E-state index contributed by atoms with van der Waals surface area (Å²) in [6.07, 6.45) is 0.407. The maximum atomic E-state index is 12.0. The van der Waals surface area contributed by atoms with E-state index in [0.29, 0.717) is 26.2 Å². The minimum Gasteiger partial charge on any atom is -0.490 e. The number of ether oxygens (including phenoxy) is 2. The molecule has 92 valence electrons. The van der Waals surface area contributed by atoms with Gasteiger partial charge in [-0.1, -0.05) is 6.07 Å². The van der Waals surface area contributed by atoms with Crippen LogP contribution in [0.3, 0.4) is 0 Å². The molecule has 1 aromatic rings. The van der Waals surface area contributed by atoms with Crippen molar-refractivity contribution in [1.82, 2.24) is 0 Å². The van der Waals surface area contributed by atoms with Crippen LogP contribution in [0, 0.1) is 6.92 Å². The SMILES string of the molecule is COCCC(=O)N1CCOc2cc(C)ccc21. The third-order valence-electron chi connectivity index (χ3n) is 2.80. The molecule has 1 aromatic carbocycles. The summed E-state index contributed by atoms with van der Waals surface area (Å²) in [5.74, 6) is 0.877. The molecule has 2 rings (SSSR count). The number of anilines is 1.